The third-order valence-corrected chi connectivity index (χ3v) is 3.54. The standard InChI is InChI=1S/C17H19NO2S/c1-12-4-3-5-16(13(12)2)20-11-10-19-15-8-6-14(7-9-15)17(18)21/h3-9H,10-11H2,1-2H3,(H2,18,21). The second-order valence-corrected chi connectivity index (χ2v) is 5.22. The van der Waals surface area contributed by atoms with Crippen LogP contribution in [0, 0.1) is 13.8 Å². The van der Waals surface area contributed by atoms with Crippen LogP contribution in [0.2, 0.25) is 0 Å². The number of aryl methyl sites for hydroxylation is 1. The van der Waals surface area contributed by atoms with Gasteiger partial charge in [-0.3, -0.25) is 0 Å². The Balaban J connectivity index is 1.82. The molecule has 0 heterocycles. The Morgan fingerprint density at radius 2 is 1.67 bits per heavy atom. The molecule has 0 fully saturated rings. The third kappa shape index (κ3) is 4.20. The number of nitrogens with two attached hydrogens (primary N) is 1. The SMILES string of the molecule is Cc1cccc(OCCOc2ccc(C(N)=S)cc2)c1C. The zero-order valence-corrected chi connectivity index (χ0v) is 13.1. The number of hydrogen-bond acceptors (Lipinski definition) is 3. The molecule has 0 saturated heterocycles. The van der Waals surface area contributed by atoms with E-state index in [0.717, 1.165) is 17.1 Å². The molecule has 2 rings (SSSR count). The number of rotatable bonds is 6. The van der Waals surface area contributed by atoms with Crippen LogP contribution in [-0.2, 0) is 0 Å². The minimum atomic E-state index is 0.389. The summed E-state index contributed by atoms with van der Waals surface area (Å²) in [5.41, 5.74) is 8.77. The largest absolute Gasteiger partial charge is 0.490 e. The topological polar surface area (TPSA) is 44.5 Å². The van der Waals surface area contributed by atoms with Crippen molar-refractivity contribution in [1.29, 1.82) is 0 Å². The van der Waals surface area contributed by atoms with E-state index in [-0.39, 0.29) is 0 Å². The summed E-state index contributed by atoms with van der Waals surface area (Å²) in [6.07, 6.45) is 0. The second-order valence-electron chi connectivity index (χ2n) is 4.78. The molecule has 0 aliphatic carbocycles. The van der Waals surface area contributed by atoms with Crippen LogP contribution in [0.3, 0.4) is 0 Å². The maximum atomic E-state index is 5.74. The smallest absolute Gasteiger partial charge is 0.122 e. The minimum absolute atomic E-state index is 0.389. The highest BCUT2D eigenvalue weighted by atomic mass is 32.1. The summed E-state index contributed by atoms with van der Waals surface area (Å²) in [5, 5.41) is 0. The van der Waals surface area contributed by atoms with Gasteiger partial charge >= 0.3 is 0 Å². The van der Waals surface area contributed by atoms with Crippen LogP contribution in [0.1, 0.15) is 16.7 Å². The van der Waals surface area contributed by atoms with Gasteiger partial charge in [0, 0.05) is 5.56 Å². The van der Waals surface area contributed by atoms with E-state index in [9.17, 15) is 0 Å². The van der Waals surface area contributed by atoms with Crippen LogP contribution in [0.25, 0.3) is 0 Å². The van der Waals surface area contributed by atoms with Gasteiger partial charge < -0.3 is 15.2 Å². The first kappa shape index (κ1) is 15.3. The first-order valence-corrected chi connectivity index (χ1v) is 7.20. The summed E-state index contributed by atoms with van der Waals surface area (Å²) in [4.78, 5) is 0.389. The van der Waals surface area contributed by atoms with Gasteiger partial charge in [0.15, 0.2) is 0 Å². The monoisotopic (exact) mass is 301 g/mol. The molecule has 0 aliphatic rings. The van der Waals surface area contributed by atoms with Crippen molar-refractivity contribution in [3.63, 3.8) is 0 Å². The van der Waals surface area contributed by atoms with Crippen LogP contribution >= 0.6 is 12.2 Å². The molecule has 0 saturated carbocycles. The van der Waals surface area contributed by atoms with Gasteiger partial charge in [-0.15, -0.1) is 0 Å². The molecule has 4 heteroatoms. The average Bonchev–Trinajstić information content (AvgIpc) is 2.48. The maximum absolute atomic E-state index is 5.74. The normalized spacial score (nSPS) is 10.2. The van der Waals surface area contributed by atoms with E-state index in [1.54, 1.807) is 0 Å². The minimum Gasteiger partial charge on any atom is -0.490 e. The zero-order valence-electron chi connectivity index (χ0n) is 12.3. The highest BCUT2D eigenvalue weighted by Gasteiger charge is 2.02. The van der Waals surface area contributed by atoms with Crippen LogP contribution in [0.5, 0.6) is 11.5 Å². The molecule has 110 valence electrons. The van der Waals surface area contributed by atoms with Crippen LogP contribution in [0.4, 0.5) is 0 Å². The highest BCUT2D eigenvalue weighted by molar-refractivity contribution is 7.80. The summed E-state index contributed by atoms with van der Waals surface area (Å²) < 4.78 is 11.4. The van der Waals surface area contributed by atoms with Gasteiger partial charge in [0.25, 0.3) is 0 Å². The fraction of sp³-hybridized carbons (Fsp3) is 0.235. The molecular formula is C17H19NO2S. The fourth-order valence-corrected chi connectivity index (χ4v) is 2.04. The van der Waals surface area contributed by atoms with Crippen molar-refractivity contribution in [3.05, 3.63) is 59.2 Å². The van der Waals surface area contributed by atoms with Crippen molar-refractivity contribution in [1.82, 2.24) is 0 Å². The Hall–Kier alpha value is -2.07. The average molecular weight is 301 g/mol. The van der Waals surface area contributed by atoms with Crippen LogP contribution in [-0.4, -0.2) is 18.2 Å². The maximum Gasteiger partial charge on any atom is 0.122 e. The number of benzene rings is 2. The molecule has 0 aromatic heterocycles. The molecule has 2 aromatic rings. The molecule has 21 heavy (non-hydrogen) atoms. The van der Waals surface area contributed by atoms with E-state index < -0.39 is 0 Å². The number of thiocarbonyl (C=S) groups is 1. The molecule has 0 spiro atoms. The molecule has 2 N–H and O–H groups in total. The Morgan fingerprint density at radius 1 is 1.00 bits per heavy atom. The van der Waals surface area contributed by atoms with E-state index in [1.165, 1.54) is 11.1 Å². The van der Waals surface area contributed by atoms with Crippen molar-refractivity contribution in [2.24, 2.45) is 5.73 Å². The van der Waals surface area contributed by atoms with E-state index in [0.29, 0.717) is 18.2 Å². The predicted octanol–water partition coefficient (Wildman–Crippen LogP) is 3.40. The Bertz CT molecular complexity index is 623. The van der Waals surface area contributed by atoms with Gasteiger partial charge in [-0.25, -0.2) is 0 Å². The van der Waals surface area contributed by atoms with Gasteiger partial charge in [-0.1, -0.05) is 24.4 Å². The van der Waals surface area contributed by atoms with Gasteiger partial charge in [0.2, 0.25) is 0 Å². The summed E-state index contributed by atoms with van der Waals surface area (Å²) in [5.74, 6) is 1.68. The molecule has 0 amide bonds. The van der Waals surface area contributed by atoms with Crippen LogP contribution < -0.4 is 15.2 Å². The fourth-order valence-electron chi connectivity index (χ4n) is 1.91. The van der Waals surface area contributed by atoms with Gasteiger partial charge in [-0.05, 0) is 55.3 Å². The summed E-state index contributed by atoms with van der Waals surface area (Å²) in [6.45, 7) is 5.11. The first-order valence-electron chi connectivity index (χ1n) is 6.79. The number of hydrogen-bond donors (Lipinski definition) is 1. The van der Waals surface area contributed by atoms with Gasteiger partial charge in [-0.2, -0.15) is 0 Å². The Labute approximate surface area is 130 Å². The summed E-state index contributed by atoms with van der Waals surface area (Å²) >= 11 is 4.91. The quantitative estimate of drug-likeness (QED) is 0.656. The Morgan fingerprint density at radius 3 is 2.33 bits per heavy atom. The van der Waals surface area contributed by atoms with Crippen molar-refractivity contribution >= 4 is 17.2 Å². The summed E-state index contributed by atoms with van der Waals surface area (Å²) in [7, 11) is 0. The molecule has 0 radical (unpaired) electrons. The highest BCUT2D eigenvalue weighted by Crippen LogP contribution is 2.20. The zero-order chi connectivity index (χ0) is 15.2. The van der Waals surface area contributed by atoms with Crippen molar-refractivity contribution < 1.29 is 9.47 Å². The lowest BCUT2D eigenvalue weighted by atomic mass is 10.1. The molecule has 3 nitrogen and oxygen atoms in total. The lowest BCUT2D eigenvalue weighted by Gasteiger charge is -2.11. The molecule has 2 aromatic carbocycles. The third-order valence-electron chi connectivity index (χ3n) is 3.30. The van der Waals surface area contributed by atoms with Crippen molar-refractivity contribution in [2.75, 3.05) is 13.2 Å². The van der Waals surface area contributed by atoms with Gasteiger partial charge in [0.1, 0.15) is 29.7 Å². The molecule has 0 atom stereocenters. The molecular weight excluding hydrogens is 282 g/mol. The lowest BCUT2D eigenvalue weighted by molar-refractivity contribution is 0.216. The number of ether oxygens (including phenoxy) is 2. The van der Waals surface area contributed by atoms with E-state index in [2.05, 4.69) is 19.9 Å². The van der Waals surface area contributed by atoms with E-state index >= 15 is 0 Å². The van der Waals surface area contributed by atoms with E-state index in [4.69, 9.17) is 27.4 Å². The van der Waals surface area contributed by atoms with Gasteiger partial charge in [0.05, 0.1) is 0 Å². The Kier molecular flexibility index (Phi) is 5.17. The van der Waals surface area contributed by atoms with Crippen molar-refractivity contribution in [3.8, 4) is 11.5 Å². The first-order chi connectivity index (χ1) is 10.1. The molecule has 0 aliphatic heterocycles. The van der Waals surface area contributed by atoms with Crippen molar-refractivity contribution in [2.45, 2.75) is 13.8 Å². The summed E-state index contributed by atoms with van der Waals surface area (Å²) in [6, 6.07) is 13.4. The molecule has 0 unspecified atom stereocenters. The molecule has 0 bridgehead atoms. The lowest BCUT2D eigenvalue weighted by Crippen LogP contribution is -2.11. The second kappa shape index (κ2) is 7.09. The van der Waals surface area contributed by atoms with Crippen LogP contribution in [0.15, 0.2) is 42.5 Å². The van der Waals surface area contributed by atoms with E-state index in [1.807, 2.05) is 36.4 Å². The predicted molar refractivity (Wildman–Crippen MR) is 89.2 cm³/mol.